The number of carboxylic acid groups (broad SMARTS) is 1. The van der Waals surface area contributed by atoms with Crippen LogP contribution in [0.2, 0.25) is 0 Å². The van der Waals surface area contributed by atoms with Crippen molar-refractivity contribution in [1.29, 1.82) is 0 Å². The van der Waals surface area contributed by atoms with Gasteiger partial charge in [-0.15, -0.1) is 0 Å². The number of carbonyl (C=O) groups excluding carboxylic acids is 1. The van der Waals surface area contributed by atoms with Crippen molar-refractivity contribution in [3.05, 3.63) is 65.2 Å². The third-order valence-electron chi connectivity index (χ3n) is 4.81. The summed E-state index contributed by atoms with van der Waals surface area (Å²) in [6.45, 7) is 6.48. The van der Waals surface area contributed by atoms with E-state index >= 15 is 0 Å². The highest BCUT2D eigenvalue weighted by molar-refractivity contribution is 5.80. The SMILES string of the molecule is CCO[C@@H](Cc1ccc(O[C@@H](C)C(=O)NCCc2ccc(CC)cc2)cc1)C(=O)O. The number of hydrogen-bond donors (Lipinski definition) is 2. The molecule has 2 N–H and O–H groups in total. The summed E-state index contributed by atoms with van der Waals surface area (Å²) in [4.78, 5) is 23.5. The molecule has 0 heterocycles. The summed E-state index contributed by atoms with van der Waals surface area (Å²) in [6.07, 6.45) is 0.554. The zero-order valence-electron chi connectivity index (χ0n) is 17.9. The number of benzene rings is 2. The Labute approximate surface area is 178 Å². The lowest BCUT2D eigenvalue weighted by atomic mass is 10.1. The van der Waals surface area contributed by atoms with E-state index in [1.165, 1.54) is 11.1 Å². The molecule has 2 aromatic carbocycles. The van der Waals surface area contributed by atoms with E-state index < -0.39 is 18.2 Å². The Hall–Kier alpha value is -2.86. The fourth-order valence-corrected chi connectivity index (χ4v) is 3.01. The fraction of sp³-hybridized carbons (Fsp3) is 0.417. The smallest absolute Gasteiger partial charge is 0.333 e. The Balaban J connectivity index is 1.79. The van der Waals surface area contributed by atoms with Crippen molar-refractivity contribution in [2.75, 3.05) is 13.2 Å². The summed E-state index contributed by atoms with van der Waals surface area (Å²) < 4.78 is 10.9. The van der Waals surface area contributed by atoms with E-state index in [0.29, 0.717) is 18.9 Å². The Bertz CT molecular complexity index is 801. The molecular weight excluding hydrogens is 382 g/mol. The number of rotatable bonds is 12. The van der Waals surface area contributed by atoms with E-state index in [9.17, 15) is 14.7 Å². The van der Waals surface area contributed by atoms with Gasteiger partial charge in [-0.3, -0.25) is 4.79 Å². The molecular formula is C24H31NO5. The lowest BCUT2D eigenvalue weighted by Gasteiger charge is -2.16. The minimum Gasteiger partial charge on any atom is -0.481 e. The zero-order chi connectivity index (χ0) is 21.9. The van der Waals surface area contributed by atoms with Gasteiger partial charge < -0.3 is 19.9 Å². The molecule has 2 aromatic rings. The summed E-state index contributed by atoms with van der Waals surface area (Å²) >= 11 is 0. The zero-order valence-corrected chi connectivity index (χ0v) is 17.9. The first kappa shape index (κ1) is 23.4. The molecule has 6 heteroatoms. The minimum atomic E-state index is -0.983. The number of amides is 1. The maximum absolute atomic E-state index is 12.3. The molecule has 1 amide bonds. The number of aliphatic carboxylic acids is 1. The van der Waals surface area contributed by atoms with Gasteiger partial charge in [-0.25, -0.2) is 4.79 Å². The van der Waals surface area contributed by atoms with E-state index in [2.05, 4.69) is 36.5 Å². The molecule has 162 valence electrons. The first-order valence-electron chi connectivity index (χ1n) is 10.4. The summed E-state index contributed by atoms with van der Waals surface area (Å²) in [5.74, 6) is -0.602. The van der Waals surface area contributed by atoms with Gasteiger partial charge in [0.1, 0.15) is 5.75 Å². The van der Waals surface area contributed by atoms with Crippen LogP contribution in [0.1, 0.15) is 37.5 Å². The van der Waals surface area contributed by atoms with Crippen LogP contribution in [-0.4, -0.2) is 42.3 Å². The molecule has 0 aromatic heterocycles. The molecule has 30 heavy (non-hydrogen) atoms. The van der Waals surface area contributed by atoms with Crippen molar-refractivity contribution in [3.8, 4) is 5.75 Å². The third kappa shape index (κ3) is 7.52. The molecule has 6 nitrogen and oxygen atoms in total. The van der Waals surface area contributed by atoms with E-state index in [1.807, 2.05) is 0 Å². The molecule has 0 aliphatic rings. The van der Waals surface area contributed by atoms with E-state index in [4.69, 9.17) is 9.47 Å². The largest absolute Gasteiger partial charge is 0.481 e. The molecule has 0 radical (unpaired) electrons. The number of nitrogens with one attached hydrogen (secondary N) is 1. The molecule has 0 bridgehead atoms. The highest BCUT2D eigenvalue weighted by Crippen LogP contribution is 2.16. The van der Waals surface area contributed by atoms with Crippen molar-refractivity contribution in [3.63, 3.8) is 0 Å². The normalized spacial score (nSPS) is 12.8. The quantitative estimate of drug-likeness (QED) is 0.557. The van der Waals surface area contributed by atoms with Crippen molar-refractivity contribution in [2.24, 2.45) is 0 Å². The van der Waals surface area contributed by atoms with E-state index in [0.717, 1.165) is 18.4 Å². The summed E-state index contributed by atoms with van der Waals surface area (Å²) in [6, 6.07) is 15.4. The van der Waals surface area contributed by atoms with Crippen LogP contribution in [0.5, 0.6) is 5.75 Å². The molecule has 2 rings (SSSR count). The van der Waals surface area contributed by atoms with Crippen molar-refractivity contribution >= 4 is 11.9 Å². The minimum absolute atomic E-state index is 0.174. The maximum Gasteiger partial charge on any atom is 0.333 e. The van der Waals surface area contributed by atoms with Gasteiger partial charge >= 0.3 is 5.97 Å². The average Bonchev–Trinajstić information content (AvgIpc) is 2.75. The van der Waals surface area contributed by atoms with Gasteiger partial charge in [-0.2, -0.15) is 0 Å². The first-order chi connectivity index (χ1) is 14.4. The van der Waals surface area contributed by atoms with Crippen LogP contribution in [0, 0.1) is 0 Å². The van der Waals surface area contributed by atoms with Gasteiger partial charge in [0.25, 0.3) is 5.91 Å². The standard InChI is InChI=1S/C24H31NO5/c1-4-18-6-8-19(9-7-18)14-15-25-23(26)17(3)30-21-12-10-20(11-13-21)16-22(24(27)28)29-5-2/h6-13,17,22H,4-5,14-16H2,1-3H3,(H,25,26)(H,27,28)/t17-,22-/m0/s1. The monoisotopic (exact) mass is 413 g/mol. The van der Waals surface area contributed by atoms with Gasteiger partial charge in [0.05, 0.1) is 0 Å². The van der Waals surface area contributed by atoms with Gasteiger partial charge in [-0.05, 0) is 55.5 Å². The van der Waals surface area contributed by atoms with Crippen LogP contribution < -0.4 is 10.1 Å². The van der Waals surface area contributed by atoms with Crippen LogP contribution in [0.15, 0.2) is 48.5 Å². The topological polar surface area (TPSA) is 84.9 Å². The molecule has 0 aliphatic carbocycles. The predicted octanol–water partition coefficient (Wildman–Crippen LogP) is 3.41. The molecule has 0 aliphatic heterocycles. The maximum atomic E-state index is 12.3. The number of aryl methyl sites for hydroxylation is 1. The van der Waals surface area contributed by atoms with Crippen LogP contribution >= 0.6 is 0 Å². The Morgan fingerprint density at radius 3 is 2.13 bits per heavy atom. The Morgan fingerprint density at radius 1 is 0.967 bits per heavy atom. The fourth-order valence-electron chi connectivity index (χ4n) is 3.01. The van der Waals surface area contributed by atoms with E-state index in [1.54, 1.807) is 38.1 Å². The predicted molar refractivity (Wildman–Crippen MR) is 116 cm³/mol. The second kappa shape index (κ2) is 12.0. The third-order valence-corrected chi connectivity index (χ3v) is 4.81. The summed E-state index contributed by atoms with van der Waals surface area (Å²) in [5, 5.41) is 12.1. The Morgan fingerprint density at radius 2 is 1.57 bits per heavy atom. The van der Waals surface area contributed by atoms with Gasteiger partial charge in [0.15, 0.2) is 12.2 Å². The van der Waals surface area contributed by atoms with E-state index in [-0.39, 0.29) is 12.3 Å². The second-order valence-electron chi connectivity index (χ2n) is 7.10. The molecule has 2 atom stereocenters. The van der Waals surface area contributed by atoms with Crippen molar-refractivity contribution in [1.82, 2.24) is 5.32 Å². The van der Waals surface area contributed by atoms with Gasteiger partial charge in [0, 0.05) is 19.6 Å². The van der Waals surface area contributed by atoms with Crippen molar-refractivity contribution < 1.29 is 24.2 Å². The van der Waals surface area contributed by atoms with Gasteiger partial charge in [0.2, 0.25) is 0 Å². The molecule has 0 fully saturated rings. The number of carboxylic acids is 1. The average molecular weight is 414 g/mol. The lowest BCUT2D eigenvalue weighted by Crippen LogP contribution is -2.37. The van der Waals surface area contributed by atoms with Crippen LogP contribution in [-0.2, 0) is 33.6 Å². The number of carbonyl (C=O) groups is 2. The molecule has 0 saturated carbocycles. The molecule has 0 unspecified atom stereocenters. The number of hydrogen-bond acceptors (Lipinski definition) is 4. The van der Waals surface area contributed by atoms with Crippen LogP contribution in [0.4, 0.5) is 0 Å². The van der Waals surface area contributed by atoms with Gasteiger partial charge in [-0.1, -0.05) is 43.3 Å². The summed E-state index contributed by atoms with van der Waals surface area (Å²) in [5.41, 5.74) is 3.31. The first-order valence-corrected chi connectivity index (χ1v) is 10.4. The van der Waals surface area contributed by atoms with Crippen LogP contribution in [0.25, 0.3) is 0 Å². The van der Waals surface area contributed by atoms with Crippen molar-refractivity contribution in [2.45, 2.75) is 52.2 Å². The molecule has 0 saturated heterocycles. The second-order valence-corrected chi connectivity index (χ2v) is 7.10. The van der Waals surface area contributed by atoms with Crippen LogP contribution in [0.3, 0.4) is 0 Å². The number of ether oxygens (including phenoxy) is 2. The summed E-state index contributed by atoms with van der Waals surface area (Å²) in [7, 11) is 0. The highest BCUT2D eigenvalue weighted by Gasteiger charge is 2.18. The lowest BCUT2D eigenvalue weighted by molar-refractivity contribution is -0.150. The highest BCUT2D eigenvalue weighted by atomic mass is 16.5. The molecule has 0 spiro atoms. The Kier molecular flexibility index (Phi) is 9.35.